The first-order valence-electron chi connectivity index (χ1n) is 4.93. The molecule has 1 nitrogen and oxygen atoms in total. The molecule has 14 heavy (non-hydrogen) atoms. The highest BCUT2D eigenvalue weighted by atomic mass is 32.1. The van der Waals surface area contributed by atoms with Crippen LogP contribution >= 0.6 is 12.6 Å². The average Bonchev–Trinajstić information content (AvgIpc) is 2.19. The van der Waals surface area contributed by atoms with Gasteiger partial charge in [0.25, 0.3) is 0 Å². The van der Waals surface area contributed by atoms with E-state index < -0.39 is 8.32 Å². The number of thiol groups is 1. The van der Waals surface area contributed by atoms with Gasteiger partial charge in [-0.05, 0) is 25.1 Å². The normalized spacial score (nSPS) is 11.6. The highest BCUT2D eigenvalue weighted by Crippen LogP contribution is 2.07. The van der Waals surface area contributed by atoms with Gasteiger partial charge in [-0.15, -0.1) is 0 Å². The fraction of sp³-hybridized carbons (Fsp3) is 0.455. The van der Waals surface area contributed by atoms with E-state index in [1.165, 1.54) is 5.56 Å². The molecule has 0 aromatic heterocycles. The van der Waals surface area contributed by atoms with Gasteiger partial charge in [0, 0.05) is 12.0 Å². The van der Waals surface area contributed by atoms with Gasteiger partial charge < -0.3 is 4.43 Å². The molecule has 0 amide bonds. The zero-order chi connectivity index (χ0) is 10.4. The van der Waals surface area contributed by atoms with E-state index >= 15 is 0 Å². The summed E-state index contributed by atoms with van der Waals surface area (Å²) >= 11 is 4.30. The van der Waals surface area contributed by atoms with Crippen molar-refractivity contribution in [3.63, 3.8) is 0 Å². The molecule has 0 radical (unpaired) electrons. The largest absolute Gasteiger partial charge is 0.416 e. The van der Waals surface area contributed by atoms with E-state index in [1.807, 2.05) is 6.07 Å². The topological polar surface area (TPSA) is 9.23 Å². The molecule has 0 bridgehead atoms. The molecule has 1 rings (SSSR count). The van der Waals surface area contributed by atoms with E-state index in [4.69, 9.17) is 4.43 Å². The number of benzene rings is 1. The Morgan fingerprint density at radius 3 is 2.43 bits per heavy atom. The summed E-state index contributed by atoms with van der Waals surface area (Å²) in [7, 11) is -1.47. The first kappa shape index (κ1) is 11.8. The quantitative estimate of drug-likeness (QED) is 0.600. The third-order valence-electron chi connectivity index (χ3n) is 2.11. The molecule has 3 heteroatoms. The van der Waals surface area contributed by atoms with Crippen LogP contribution in [0.5, 0.6) is 0 Å². The van der Waals surface area contributed by atoms with Crippen LogP contribution in [0.4, 0.5) is 0 Å². The van der Waals surface area contributed by atoms with Crippen molar-refractivity contribution in [2.75, 3.05) is 12.0 Å². The fourth-order valence-corrected chi connectivity index (χ4v) is 2.16. The number of hydrogen-bond donors (Lipinski definition) is 1. The van der Waals surface area contributed by atoms with Crippen LogP contribution in [0.1, 0.15) is 5.56 Å². The second-order valence-corrected chi connectivity index (χ2v) is 9.07. The summed E-state index contributed by atoms with van der Waals surface area (Å²) in [5.74, 6) is 0. The Hall–Kier alpha value is -0.253. The molecule has 0 aliphatic rings. The minimum absolute atomic E-state index is 0.823. The van der Waals surface area contributed by atoms with Crippen LogP contribution in [0.3, 0.4) is 0 Å². The first-order chi connectivity index (χ1) is 6.64. The smallest absolute Gasteiger partial charge is 0.196 e. The van der Waals surface area contributed by atoms with Gasteiger partial charge in [-0.3, -0.25) is 0 Å². The number of rotatable bonds is 5. The van der Waals surface area contributed by atoms with E-state index in [0.717, 1.165) is 18.4 Å². The van der Waals surface area contributed by atoms with E-state index in [0.29, 0.717) is 0 Å². The lowest BCUT2D eigenvalue weighted by molar-refractivity contribution is 0.315. The maximum Gasteiger partial charge on any atom is 0.196 e. The van der Waals surface area contributed by atoms with E-state index in [9.17, 15) is 0 Å². The maximum absolute atomic E-state index is 5.85. The highest BCUT2D eigenvalue weighted by Gasteiger charge is 2.19. The Morgan fingerprint density at radius 2 is 1.86 bits per heavy atom. The predicted molar refractivity (Wildman–Crippen MR) is 67.4 cm³/mol. The second-order valence-electron chi connectivity index (χ2n) is 4.00. The number of hydrogen-bond acceptors (Lipinski definition) is 2. The van der Waals surface area contributed by atoms with Crippen LogP contribution in [-0.2, 0) is 10.8 Å². The monoisotopic (exact) mass is 226 g/mol. The average molecular weight is 226 g/mol. The highest BCUT2D eigenvalue weighted by molar-refractivity contribution is 7.82. The van der Waals surface area contributed by atoms with E-state index in [-0.39, 0.29) is 0 Å². The molecule has 0 atom stereocenters. The molecule has 1 aromatic rings. The van der Waals surface area contributed by atoms with E-state index in [2.05, 4.69) is 50.0 Å². The summed E-state index contributed by atoms with van der Waals surface area (Å²) < 4.78 is 5.85. The summed E-state index contributed by atoms with van der Waals surface area (Å²) in [6.07, 6.45) is 1.01. The van der Waals surface area contributed by atoms with E-state index in [1.54, 1.807) is 0 Å². The molecule has 0 fully saturated rings. The Morgan fingerprint density at radius 1 is 1.21 bits per heavy atom. The molecule has 0 saturated carbocycles. The van der Waals surface area contributed by atoms with Crippen molar-refractivity contribution >= 4 is 20.9 Å². The minimum atomic E-state index is -1.47. The van der Waals surface area contributed by atoms with Crippen molar-refractivity contribution < 1.29 is 4.43 Å². The van der Waals surface area contributed by atoms with Gasteiger partial charge in [-0.25, -0.2) is 0 Å². The van der Waals surface area contributed by atoms with Gasteiger partial charge in [0.05, 0.1) is 0 Å². The SMILES string of the molecule is C[Si](C)(CS)OCCc1ccccc1. The van der Waals surface area contributed by atoms with Gasteiger partial charge in [0.2, 0.25) is 0 Å². The fourth-order valence-electron chi connectivity index (χ4n) is 1.14. The van der Waals surface area contributed by atoms with Crippen LogP contribution in [0.25, 0.3) is 0 Å². The molecule has 0 spiro atoms. The van der Waals surface area contributed by atoms with Crippen LogP contribution < -0.4 is 0 Å². The molecule has 0 saturated heterocycles. The van der Waals surface area contributed by atoms with Gasteiger partial charge >= 0.3 is 0 Å². The molecule has 78 valence electrons. The van der Waals surface area contributed by atoms with Crippen molar-refractivity contribution in [1.82, 2.24) is 0 Å². The molecule has 0 heterocycles. The van der Waals surface area contributed by atoms with Crippen LogP contribution in [-0.4, -0.2) is 20.3 Å². The van der Waals surface area contributed by atoms with Gasteiger partial charge in [0.15, 0.2) is 8.32 Å². The summed E-state index contributed by atoms with van der Waals surface area (Å²) in [4.78, 5) is 0. The Bertz CT molecular complexity index is 261. The zero-order valence-electron chi connectivity index (χ0n) is 8.86. The third-order valence-corrected chi connectivity index (χ3v) is 6.14. The summed E-state index contributed by atoms with van der Waals surface area (Å²) in [5, 5.41) is 0.891. The molecular formula is C11H18OSSi. The van der Waals surface area contributed by atoms with Crippen molar-refractivity contribution in [3.8, 4) is 0 Å². The Kier molecular flexibility index (Phi) is 4.71. The molecule has 1 aromatic carbocycles. The van der Waals surface area contributed by atoms with Crippen molar-refractivity contribution in [2.45, 2.75) is 19.5 Å². The Labute approximate surface area is 93.0 Å². The molecule has 0 N–H and O–H groups in total. The van der Waals surface area contributed by atoms with Crippen molar-refractivity contribution in [1.29, 1.82) is 0 Å². The first-order valence-corrected chi connectivity index (χ1v) is 8.67. The summed E-state index contributed by atoms with van der Waals surface area (Å²) in [5.41, 5.74) is 1.34. The minimum Gasteiger partial charge on any atom is -0.416 e. The lowest BCUT2D eigenvalue weighted by atomic mass is 10.2. The maximum atomic E-state index is 5.85. The second kappa shape index (κ2) is 5.58. The van der Waals surface area contributed by atoms with Gasteiger partial charge in [-0.1, -0.05) is 30.3 Å². The lowest BCUT2D eigenvalue weighted by Crippen LogP contribution is -2.33. The molecule has 0 unspecified atom stereocenters. The molecule has 0 aliphatic heterocycles. The van der Waals surface area contributed by atoms with Gasteiger partial charge in [-0.2, -0.15) is 12.6 Å². The summed E-state index contributed by atoms with van der Waals surface area (Å²) in [6.45, 7) is 5.22. The molecule has 0 aliphatic carbocycles. The van der Waals surface area contributed by atoms with Gasteiger partial charge in [0.1, 0.15) is 0 Å². The lowest BCUT2D eigenvalue weighted by Gasteiger charge is -2.20. The predicted octanol–water partition coefficient (Wildman–Crippen LogP) is 2.92. The van der Waals surface area contributed by atoms with Crippen LogP contribution in [0.15, 0.2) is 30.3 Å². The zero-order valence-corrected chi connectivity index (χ0v) is 10.8. The van der Waals surface area contributed by atoms with Crippen LogP contribution in [0.2, 0.25) is 13.1 Å². The van der Waals surface area contributed by atoms with Crippen LogP contribution in [0, 0.1) is 0 Å². The summed E-state index contributed by atoms with van der Waals surface area (Å²) in [6, 6.07) is 10.4. The van der Waals surface area contributed by atoms with Crippen molar-refractivity contribution in [2.24, 2.45) is 0 Å². The Balaban J connectivity index is 2.29. The standard InChI is InChI=1S/C11H18OSSi/c1-14(2,10-13)12-9-8-11-6-4-3-5-7-11/h3-7,13H,8-10H2,1-2H3. The molecular weight excluding hydrogens is 208 g/mol. The third kappa shape index (κ3) is 4.31. The van der Waals surface area contributed by atoms with Crippen molar-refractivity contribution in [3.05, 3.63) is 35.9 Å².